The van der Waals surface area contributed by atoms with Gasteiger partial charge in [0, 0.05) is 19.6 Å². The molecule has 3 heteroatoms. The van der Waals surface area contributed by atoms with Crippen LogP contribution in [0.4, 0.5) is 0 Å². The van der Waals surface area contributed by atoms with Crippen molar-refractivity contribution in [3.63, 3.8) is 0 Å². The molecule has 0 aliphatic rings. The summed E-state index contributed by atoms with van der Waals surface area (Å²) in [6.07, 6.45) is 0. The molecule has 0 spiro atoms. The largest absolute Gasteiger partial charge is 0.121 e. The third kappa shape index (κ3) is 3.11. The molecule has 0 saturated heterocycles. The van der Waals surface area contributed by atoms with Crippen LogP contribution in [0.15, 0.2) is 74.5 Å². The van der Waals surface area contributed by atoms with Gasteiger partial charge in [0.25, 0.3) is 0 Å². The van der Waals surface area contributed by atoms with Crippen LogP contribution < -0.4 is 0 Å². The monoisotopic (exact) mass is 406 g/mol. The van der Waals surface area contributed by atoms with E-state index in [-0.39, 0.29) is 0 Å². The van der Waals surface area contributed by atoms with Crippen LogP contribution in [0.3, 0.4) is 0 Å². The predicted octanol–water partition coefficient (Wildman–Crippen LogP) is 6.66. The lowest BCUT2D eigenvalue weighted by Crippen LogP contribution is -1.83. The average Bonchev–Trinajstić information content (AvgIpc) is 2.46. The van der Waals surface area contributed by atoms with Gasteiger partial charge in [0.1, 0.15) is 0 Å². The van der Waals surface area contributed by atoms with Gasteiger partial charge in [0.15, 0.2) is 0 Å². The highest BCUT2D eigenvalue weighted by molar-refractivity contribution is 9.11. The first-order valence-corrected chi connectivity index (χ1v) is 8.86. The smallest absolute Gasteiger partial charge is 0.0253 e. The summed E-state index contributed by atoms with van der Waals surface area (Å²) in [5.41, 5.74) is 1.33. The molecule has 20 heavy (non-hydrogen) atoms. The Bertz CT molecular complexity index is 753. The van der Waals surface area contributed by atoms with Gasteiger partial charge < -0.3 is 0 Å². The molecule has 3 rings (SSSR count). The molecular weight excluding hydrogens is 396 g/mol. The fourth-order valence-corrected chi connectivity index (χ4v) is 4.16. The van der Waals surface area contributed by atoms with Gasteiger partial charge in [0.2, 0.25) is 0 Å². The van der Waals surface area contributed by atoms with Gasteiger partial charge in [-0.25, -0.2) is 0 Å². The van der Waals surface area contributed by atoms with Gasteiger partial charge in [-0.15, -0.1) is 11.8 Å². The molecular formula is C17H12Br2S. The number of hydrogen-bond donors (Lipinski definition) is 0. The molecule has 0 nitrogen and oxygen atoms in total. The van der Waals surface area contributed by atoms with Crippen molar-refractivity contribution < 1.29 is 0 Å². The van der Waals surface area contributed by atoms with Gasteiger partial charge >= 0.3 is 0 Å². The molecule has 0 unspecified atom stereocenters. The maximum absolute atomic E-state index is 3.60. The van der Waals surface area contributed by atoms with Crippen molar-refractivity contribution in [2.45, 2.75) is 10.6 Å². The van der Waals surface area contributed by atoms with E-state index >= 15 is 0 Å². The average molecular weight is 408 g/mol. The summed E-state index contributed by atoms with van der Waals surface area (Å²) in [5, 5.41) is 2.54. The maximum Gasteiger partial charge on any atom is 0.0253 e. The zero-order valence-electron chi connectivity index (χ0n) is 10.6. The molecule has 0 bridgehead atoms. The second-order valence-electron chi connectivity index (χ2n) is 4.50. The fraction of sp³-hybridized carbons (Fsp3) is 0.0588. The van der Waals surface area contributed by atoms with E-state index in [0.717, 1.165) is 10.2 Å². The van der Waals surface area contributed by atoms with Gasteiger partial charge in [-0.2, -0.15) is 0 Å². The van der Waals surface area contributed by atoms with E-state index in [0.29, 0.717) is 0 Å². The van der Waals surface area contributed by atoms with Crippen LogP contribution in [0.1, 0.15) is 5.56 Å². The van der Waals surface area contributed by atoms with Crippen LogP contribution in [-0.4, -0.2) is 0 Å². The Morgan fingerprint density at radius 2 is 1.60 bits per heavy atom. The Balaban J connectivity index is 1.83. The zero-order chi connectivity index (χ0) is 13.9. The van der Waals surface area contributed by atoms with Crippen molar-refractivity contribution in [1.82, 2.24) is 0 Å². The number of rotatable bonds is 3. The summed E-state index contributed by atoms with van der Waals surface area (Å²) in [4.78, 5) is 1.30. The summed E-state index contributed by atoms with van der Waals surface area (Å²) < 4.78 is 2.33. The lowest BCUT2D eigenvalue weighted by atomic mass is 10.1. The third-order valence-corrected chi connectivity index (χ3v) is 5.66. The Morgan fingerprint density at radius 1 is 0.800 bits per heavy atom. The molecule has 0 aliphatic carbocycles. The minimum absolute atomic E-state index is 0.973. The quantitative estimate of drug-likeness (QED) is 0.437. The lowest BCUT2D eigenvalue weighted by Gasteiger charge is -2.06. The number of benzene rings is 3. The zero-order valence-corrected chi connectivity index (χ0v) is 14.6. The molecule has 0 N–H and O–H groups in total. The second kappa shape index (κ2) is 6.33. The van der Waals surface area contributed by atoms with E-state index < -0.39 is 0 Å². The van der Waals surface area contributed by atoms with Crippen LogP contribution in [0, 0.1) is 0 Å². The normalized spacial score (nSPS) is 10.9. The molecule has 0 radical (unpaired) electrons. The SMILES string of the molecule is Brc1ccccc1CSc1ccc2c(Br)cccc2c1. The van der Waals surface area contributed by atoms with Crippen molar-refractivity contribution in [2.75, 3.05) is 0 Å². The maximum atomic E-state index is 3.60. The van der Waals surface area contributed by atoms with Crippen LogP contribution >= 0.6 is 43.6 Å². The highest BCUT2D eigenvalue weighted by atomic mass is 79.9. The number of fused-ring (bicyclic) bond motifs is 1. The molecule has 3 aromatic rings. The van der Waals surface area contributed by atoms with E-state index in [1.807, 2.05) is 17.8 Å². The Morgan fingerprint density at radius 3 is 2.45 bits per heavy atom. The van der Waals surface area contributed by atoms with Crippen molar-refractivity contribution in [2.24, 2.45) is 0 Å². The van der Waals surface area contributed by atoms with Gasteiger partial charge in [0.05, 0.1) is 0 Å². The summed E-state index contributed by atoms with van der Waals surface area (Å²) in [7, 11) is 0. The Labute approximate surface area is 139 Å². The van der Waals surface area contributed by atoms with Crippen LogP contribution in [0.2, 0.25) is 0 Å². The topological polar surface area (TPSA) is 0 Å². The van der Waals surface area contributed by atoms with Crippen molar-refractivity contribution in [1.29, 1.82) is 0 Å². The second-order valence-corrected chi connectivity index (χ2v) is 7.26. The molecule has 0 heterocycles. The van der Waals surface area contributed by atoms with E-state index in [2.05, 4.69) is 86.5 Å². The van der Waals surface area contributed by atoms with Gasteiger partial charge in [-0.3, -0.25) is 0 Å². The summed E-state index contributed by atoms with van der Waals surface area (Å²) in [5.74, 6) is 0.973. The van der Waals surface area contributed by atoms with Crippen molar-refractivity contribution >= 4 is 54.4 Å². The van der Waals surface area contributed by atoms with E-state index in [4.69, 9.17) is 0 Å². The van der Waals surface area contributed by atoms with Crippen molar-refractivity contribution in [3.8, 4) is 0 Å². The molecule has 3 aromatic carbocycles. The molecule has 0 fully saturated rings. The molecule has 0 aliphatic heterocycles. The van der Waals surface area contributed by atoms with E-state index in [1.165, 1.54) is 25.7 Å². The molecule has 0 atom stereocenters. The summed E-state index contributed by atoms with van der Waals surface area (Å²) >= 11 is 9.06. The number of halogens is 2. The Hall–Kier alpha value is -0.770. The number of thioether (sulfide) groups is 1. The van der Waals surface area contributed by atoms with E-state index in [1.54, 1.807) is 0 Å². The van der Waals surface area contributed by atoms with Crippen molar-refractivity contribution in [3.05, 3.63) is 75.2 Å². The molecule has 0 aromatic heterocycles. The minimum Gasteiger partial charge on any atom is -0.121 e. The predicted molar refractivity (Wildman–Crippen MR) is 95.4 cm³/mol. The standard InChI is InChI=1S/C17H12Br2S/c18-16-6-2-1-4-13(16)11-20-14-8-9-15-12(10-14)5-3-7-17(15)19/h1-10H,11H2. The Kier molecular flexibility index (Phi) is 4.49. The lowest BCUT2D eigenvalue weighted by molar-refractivity contribution is 1.36. The summed E-state index contributed by atoms with van der Waals surface area (Å²) in [6, 6.07) is 21.3. The van der Waals surface area contributed by atoms with Crippen LogP contribution in [0.25, 0.3) is 10.8 Å². The fourth-order valence-electron chi connectivity index (χ4n) is 2.09. The first-order chi connectivity index (χ1) is 9.74. The van der Waals surface area contributed by atoms with Crippen LogP contribution in [0.5, 0.6) is 0 Å². The first-order valence-electron chi connectivity index (χ1n) is 6.28. The van der Waals surface area contributed by atoms with Gasteiger partial charge in [-0.1, -0.05) is 68.3 Å². The van der Waals surface area contributed by atoms with Crippen LogP contribution in [-0.2, 0) is 5.75 Å². The minimum atomic E-state index is 0.973. The highest BCUT2D eigenvalue weighted by Gasteiger charge is 2.03. The van der Waals surface area contributed by atoms with Gasteiger partial charge in [-0.05, 0) is 40.6 Å². The molecule has 100 valence electrons. The molecule has 0 saturated carbocycles. The third-order valence-electron chi connectivity index (χ3n) is 3.15. The first kappa shape index (κ1) is 14.2. The highest BCUT2D eigenvalue weighted by Crippen LogP contribution is 2.31. The summed E-state index contributed by atoms with van der Waals surface area (Å²) in [6.45, 7) is 0. The molecule has 0 amide bonds. The van der Waals surface area contributed by atoms with E-state index in [9.17, 15) is 0 Å². The number of hydrogen-bond acceptors (Lipinski definition) is 1.